The standard InChI is InChI=1S/C15H18FNO2/c1-2-3-6-15(19)17-11-13-10-12(5-4-9-18)7-8-14(13)16/h7-8,10,18H,2-3,6,9,11H2,1H3,(H,17,19). The molecule has 0 aliphatic rings. The summed E-state index contributed by atoms with van der Waals surface area (Å²) in [5.74, 6) is 4.76. The van der Waals surface area contributed by atoms with Crippen LogP contribution in [0.15, 0.2) is 18.2 Å². The van der Waals surface area contributed by atoms with Crippen LogP contribution in [0.2, 0.25) is 0 Å². The first kappa shape index (κ1) is 15.2. The van der Waals surface area contributed by atoms with Crippen molar-refractivity contribution < 1.29 is 14.3 Å². The van der Waals surface area contributed by atoms with E-state index < -0.39 is 0 Å². The zero-order valence-corrected chi connectivity index (χ0v) is 11.0. The predicted octanol–water partition coefficient (Wildman–Crippen LogP) is 1.98. The highest BCUT2D eigenvalue weighted by atomic mass is 19.1. The highest BCUT2D eigenvalue weighted by Crippen LogP contribution is 2.10. The summed E-state index contributed by atoms with van der Waals surface area (Å²) in [6.45, 7) is 1.93. The molecular weight excluding hydrogens is 245 g/mol. The zero-order valence-electron chi connectivity index (χ0n) is 11.0. The van der Waals surface area contributed by atoms with E-state index in [0.717, 1.165) is 12.8 Å². The maximum atomic E-state index is 13.5. The van der Waals surface area contributed by atoms with Crippen LogP contribution in [0.4, 0.5) is 4.39 Å². The number of hydrogen-bond acceptors (Lipinski definition) is 2. The van der Waals surface area contributed by atoms with Gasteiger partial charge in [0.25, 0.3) is 0 Å². The molecule has 0 fully saturated rings. The first-order valence-electron chi connectivity index (χ1n) is 6.32. The van der Waals surface area contributed by atoms with Crippen molar-refractivity contribution in [1.82, 2.24) is 5.32 Å². The third-order valence-electron chi connectivity index (χ3n) is 2.59. The van der Waals surface area contributed by atoms with E-state index in [2.05, 4.69) is 17.2 Å². The molecule has 1 aromatic carbocycles. The van der Waals surface area contributed by atoms with Crippen LogP contribution in [0, 0.1) is 17.7 Å². The van der Waals surface area contributed by atoms with Gasteiger partial charge < -0.3 is 10.4 Å². The van der Waals surface area contributed by atoms with E-state index in [9.17, 15) is 9.18 Å². The molecule has 3 nitrogen and oxygen atoms in total. The van der Waals surface area contributed by atoms with Crippen molar-refractivity contribution in [1.29, 1.82) is 0 Å². The van der Waals surface area contributed by atoms with Crippen molar-refractivity contribution in [2.24, 2.45) is 0 Å². The predicted molar refractivity (Wildman–Crippen MR) is 71.7 cm³/mol. The molecule has 0 heterocycles. The van der Waals surface area contributed by atoms with Gasteiger partial charge in [-0.3, -0.25) is 4.79 Å². The number of carbonyl (C=O) groups is 1. The molecule has 1 rings (SSSR count). The topological polar surface area (TPSA) is 49.3 Å². The number of halogens is 1. The molecule has 4 heteroatoms. The molecular formula is C15H18FNO2. The van der Waals surface area contributed by atoms with Crippen LogP contribution in [-0.4, -0.2) is 17.6 Å². The monoisotopic (exact) mass is 263 g/mol. The number of aliphatic hydroxyl groups is 1. The molecule has 0 saturated carbocycles. The van der Waals surface area contributed by atoms with Gasteiger partial charge in [-0.1, -0.05) is 25.2 Å². The molecule has 0 unspecified atom stereocenters. The number of carbonyl (C=O) groups excluding carboxylic acids is 1. The normalized spacial score (nSPS) is 9.63. The van der Waals surface area contributed by atoms with Gasteiger partial charge in [0.15, 0.2) is 0 Å². The van der Waals surface area contributed by atoms with Gasteiger partial charge in [0, 0.05) is 24.1 Å². The van der Waals surface area contributed by atoms with E-state index in [1.807, 2.05) is 6.92 Å². The summed E-state index contributed by atoms with van der Waals surface area (Å²) >= 11 is 0. The van der Waals surface area contributed by atoms with Crippen molar-refractivity contribution >= 4 is 5.91 Å². The molecule has 2 N–H and O–H groups in total. The molecule has 0 atom stereocenters. The molecule has 0 radical (unpaired) electrons. The first-order chi connectivity index (χ1) is 9.17. The van der Waals surface area contributed by atoms with E-state index in [1.165, 1.54) is 6.07 Å². The summed E-state index contributed by atoms with van der Waals surface area (Å²) < 4.78 is 13.5. The van der Waals surface area contributed by atoms with Gasteiger partial charge in [-0.05, 0) is 24.6 Å². The molecule has 102 valence electrons. The van der Waals surface area contributed by atoms with Crippen molar-refractivity contribution in [3.8, 4) is 11.8 Å². The van der Waals surface area contributed by atoms with Crippen LogP contribution >= 0.6 is 0 Å². The minimum Gasteiger partial charge on any atom is -0.384 e. The largest absolute Gasteiger partial charge is 0.384 e. The van der Waals surface area contributed by atoms with E-state index in [4.69, 9.17) is 5.11 Å². The quantitative estimate of drug-likeness (QED) is 0.798. The smallest absolute Gasteiger partial charge is 0.220 e. The Morgan fingerprint density at radius 2 is 2.26 bits per heavy atom. The van der Waals surface area contributed by atoms with Crippen LogP contribution < -0.4 is 5.32 Å². The summed E-state index contributed by atoms with van der Waals surface area (Å²) in [5, 5.41) is 11.3. The number of rotatable bonds is 5. The fourth-order valence-corrected chi connectivity index (χ4v) is 1.55. The van der Waals surface area contributed by atoms with E-state index >= 15 is 0 Å². The second-order valence-corrected chi connectivity index (χ2v) is 4.15. The third kappa shape index (κ3) is 5.54. The second kappa shape index (κ2) is 8.28. The van der Waals surface area contributed by atoms with Crippen molar-refractivity contribution in [2.75, 3.05) is 6.61 Å². The van der Waals surface area contributed by atoms with Crippen LogP contribution in [-0.2, 0) is 11.3 Å². The van der Waals surface area contributed by atoms with Crippen molar-refractivity contribution in [3.63, 3.8) is 0 Å². The average Bonchev–Trinajstić information content (AvgIpc) is 2.42. The lowest BCUT2D eigenvalue weighted by atomic mass is 10.1. The van der Waals surface area contributed by atoms with Gasteiger partial charge in [-0.15, -0.1) is 0 Å². The highest BCUT2D eigenvalue weighted by Gasteiger charge is 2.05. The number of amides is 1. The fourth-order valence-electron chi connectivity index (χ4n) is 1.55. The maximum absolute atomic E-state index is 13.5. The van der Waals surface area contributed by atoms with Crippen LogP contribution in [0.3, 0.4) is 0 Å². The van der Waals surface area contributed by atoms with E-state index in [-0.39, 0.29) is 24.9 Å². The maximum Gasteiger partial charge on any atom is 0.220 e. The Kier molecular flexibility index (Phi) is 6.62. The van der Waals surface area contributed by atoms with Gasteiger partial charge in [-0.2, -0.15) is 0 Å². The fraction of sp³-hybridized carbons (Fsp3) is 0.400. The Hall–Kier alpha value is -1.86. The summed E-state index contributed by atoms with van der Waals surface area (Å²) in [4.78, 5) is 11.4. The molecule has 1 amide bonds. The summed E-state index contributed by atoms with van der Waals surface area (Å²) in [6.07, 6.45) is 2.24. The third-order valence-corrected chi connectivity index (χ3v) is 2.59. The molecule has 0 aliphatic carbocycles. The van der Waals surface area contributed by atoms with Gasteiger partial charge in [-0.25, -0.2) is 4.39 Å². The minimum absolute atomic E-state index is 0.0758. The zero-order chi connectivity index (χ0) is 14.1. The molecule has 1 aromatic rings. The lowest BCUT2D eigenvalue weighted by Crippen LogP contribution is -2.22. The number of aliphatic hydroxyl groups excluding tert-OH is 1. The minimum atomic E-state index is -0.370. The Morgan fingerprint density at radius 1 is 1.47 bits per heavy atom. The van der Waals surface area contributed by atoms with Gasteiger partial charge >= 0.3 is 0 Å². The Labute approximate surface area is 112 Å². The molecule has 0 spiro atoms. The SMILES string of the molecule is CCCCC(=O)NCc1cc(C#CCO)ccc1F. The highest BCUT2D eigenvalue weighted by molar-refractivity contribution is 5.75. The summed E-state index contributed by atoms with van der Waals surface area (Å²) in [6, 6.07) is 4.44. The lowest BCUT2D eigenvalue weighted by Gasteiger charge is -2.06. The number of benzene rings is 1. The van der Waals surface area contributed by atoms with Crippen LogP contribution in [0.1, 0.15) is 37.3 Å². The number of unbranched alkanes of at least 4 members (excludes halogenated alkanes) is 1. The number of nitrogens with one attached hydrogen (secondary N) is 1. The summed E-state index contributed by atoms with van der Waals surface area (Å²) in [5.41, 5.74) is 1.02. The van der Waals surface area contributed by atoms with E-state index in [0.29, 0.717) is 17.5 Å². The summed E-state index contributed by atoms with van der Waals surface area (Å²) in [7, 11) is 0. The van der Waals surface area contributed by atoms with Crippen molar-refractivity contribution in [2.45, 2.75) is 32.7 Å². The Balaban J connectivity index is 2.64. The lowest BCUT2D eigenvalue weighted by molar-refractivity contribution is -0.121. The van der Waals surface area contributed by atoms with Crippen molar-refractivity contribution in [3.05, 3.63) is 35.1 Å². The molecule has 19 heavy (non-hydrogen) atoms. The Morgan fingerprint density at radius 3 is 2.95 bits per heavy atom. The van der Waals surface area contributed by atoms with Gasteiger partial charge in [0.2, 0.25) is 5.91 Å². The van der Waals surface area contributed by atoms with Gasteiger partial charge in [0.1, 0.15) is 12.4 Å². The molecule has 0 saturated heterocycles. The molecule has 0 aromatic heterocycles. The van der Waals surface area contributed by atoms with E-state index in [1.54, 1.807) is 12.1 Å². The van der Waals surface area contributed by atoms with Crippen LogP contribution in [0.5, 0.6) is 0 Å². The second-order valence-electron chi connectivity index (χ2n) is 4.15. The van der Waals surface area contributed by atoms with Crippen LogP contribution in [0.25, 0.3) is 0 Å². The average molecular weight is 263 g/mol. The Bertz CT molecular complexity index is 489. The molecule has 0 bridgehead atoms. The molecule has 0 aliphatic heterocycles. The first-order valence-corrected chi connectivity index (χ1v) is 6.32. The van der Waals surface area contributed by atoms with Gasteiger partial charge in [0.05, 0.1) is 0 Å². The number of hydrogen-bond donors (Lipinski definition) is 2.